The minimum absolute atomic E-state index is 0.123. The average molecular weight is 345 g/mol. The van der Waals surface area contributed by atoms with Crippen molar-refractivity contribution in [2.75, 3.05) is 13.7 Å². The van der Waals surface area contributed by atoms with Crippen LogP contribution in [-0.2, 0) is 19.6 Å². The molecule has 9 heteroatoms. The molecule has 8 nitrogen and oxygen atoms in total. The molecule has 3 N–H and O–H groups in total. The number of aliphatic carboxylic acids is 2. The Balaban J connectivity index is 3.06. The molecule has 0 fully saturated rings. The highest BCUT2D eigenvalue weighted by Crippen LogP contribution is 2.27. The lowest BCUT2D eigenvalue weighted by atomic mass is 10.1. The topological polar surface area (TPSA) is 130 Å². The summed E-state index contributed by atoms with van der Waals surface area (Å²) in [6.45, 7) is 3.01. The van der Waals surface area contributed by atoms with E-state index in [-0.39, 0.29) is 10.6 Å². The van der Waals surface area contributed by atoms with Gasteiger partial charge in [0.15, 0.2) is 0 Å². The molecular formula is C14H19NO7S. The van der Waals surface area contributed by atoms with Crippen LogP contribution in [0.5, 0.6) is 5.75 Å². The van der Waals surface area contributed by atoms with E-state index < -0.39 is 40.8 Å². The molecule has 0 heterocycles. The molecule has 0 radical (unpaired) electrons. The van der Waals surface area contributed by atoms with Gasteiger partial charge in [-0.1, -0.05) is 0 Å². The summed E-state index contributed by atoms with van der Waals surface area (Å²) in [5.41, 5.74) is 1.57. The van der Waals surface area contributed by atoms with Crippen LogP contribution in [0.1, 0.15) is 17.5 Å². The highest BCUT2D eigenvalue weighted by atomic mass is 32.2. The summed E-state index contributed by atoms with van der Waals surface area (Å²) in [5.74, 6) is -3.94. The van der Waals surface area contributed by atoms with E-state index in [0.29, 0.717) is 0 Å². The fourth-order valence-corrected chi connectivity index (χ4v) is 3.19. The van der Waals surface area contributed by atoms with E-state index in [2.05, 4.69) is 4.72 Å². The second-order valence-electron chi connectivity index (χ2n) is 5.07. The maximum atomic E-state index is 12.4. The number of carboxylic acids is 2. The predicted octanol–water partition coefficient (Wildman–Crippen LogP) is 0.766. The number of benzene rings is 1. The molecule has 0 aliphatic rings. The van der Waals surface area contributed by atoms with Crippen LogP contribution in [0.4, 0.5) is 0 Å². The van der Waals surface area contributed by atoms with Gasteiger partial charge in [-0.25, -0.2) is 13.1 Å². The number of sulfonamides is 1. The molecule has 0 amide bonds. The number of carbonyl (C=O) groups is 2. The van der Waals surface area contributed by atoms with Crippen LogP contribution in [0.3, 0.4) is 0 Å². The first-order chi connectivity index (χ1) is 10.6. The molecule has 0 saturated carbocycles. The van der Waals surface area contributed by atoms with E-state index in [9.17, 15) is 18.0 Å². The van der Waals surface area contributed by atoms with E-state index in [0.717, 1.165) is 11.1 Å². The van der Waals surface area contributed by atoms with Crippen molar-refractivity contribution in [1.29, 1.82) is 0 Å². The number of hydrogen-bond donors (Lipinski definition) is 3. The van der Waals surface area contributed by atoms with Crippen LogP contribution in [0, 0.1) is 19.8 Å². The van der Waals surface area contributed by atoms with Gasteiger partial charge in [0.05, 0.1) is 19.4 Å². The molecule has 0 aliphatic heterocycles. The van der Waals surface area contributed by atoms with E-state index in [1.165, 1.54) is 13.2 Å². The van der Waals surface area contributed by atoms with E-state index in [1.54, 1.807) is 19.9 Å². The Labute approximate surface area is 134 Å². The molecule has 0 aliphatic carbocycles. The number of rotatable bonds is 8. The summed E-state index contributed by atoms with van der Waals surface area (Å²) in [6.07, 6.45) is -0.679. The minimum atomic E-state index is -4.04. The van der Waals surface area contributed by atoms with E-state index in [4.69, 9.17) is 14.9 Å². The first-order valence-electron chi connectivity index (χ1n) is 6.68. The highest BCUT2D eigenvalue weighted by Gasteiger charge is 2.26. The Bertz CT molecular complexity index is 712. The van der Waals surface area contributed by atoms with Crippen molar-refractivity contribution in [3.63, 3.8) is 0 Å². The van der Waals surface area contributed by atoms with Gasteiger partial charge in [-0.05, 0) is 37.1 Å². The zero-order chi connectivity index (χ0) is 17.8. The predicted molar refractivity (Wildman–Crippen MR) is 81.0 cm³/mol. The number of methoxy groups -OCH3 is 1. The zero-order valence-corrected chi connectivity index (χ0v) is 13.8. The molecule has 0 bridgehead atoms. The molecular weight excluding hydrogens is 326 g/mol. The highest BCUT2D eigenvalue weighted by molar-refractivity contribution is 7.89. The second kappa shape index (κ2) is 7.42. The largest absolute Gasteiger partial charge is 0.495 e. The summed E-state index contributed by atoms with van der Waals surface area (Å²) < 4.78 is 31.9. The number of carboxylic acid groups (broad SMARTS) is 2. The molecule has 0 aromatic heterocycles. The third kappa shape index (κ3) is 4.93. The molecule has 23 heavy (non-hydrogen) atoms. The zero-order valence-electron chi connectivity index (χ0n) is 13.0. The molecule has 1 aromatic rings. The van der Waals surface area contributed by atoms with Gasteiger partial charge < -0.3 is 14.9 Å². The summed E-state index contributed by atoms with van der Waals surface area (Å²) >= 11 is 0. The van der Waals surface area contributed by atoms with Crippen LogP contribution in [-0.4, -0.2) is 44.2 Å². The van der Waals surface area contributed by atoms with Gasteiger partial charge >= 0.3 is 11.9 Å². The molecule has 1 atom stereocenters. The molecule has 128 valence electrons. The van der Waals surface area contributed by atoms with Crippen LogP contribution in [0.25, 0.3) is 0 Å². The monoisotopic (exact) mass is 345 g/mol. The quantitative estimate of drug-likeness (QED) is 0.634. The van der Waals surface area contributed by atoms with Crippen molar-refractivity contribution in [3.05, 3.63) is 23.3 Å². The van der Waals surface area contributed by atoms with Crippen molar-refractivity contribution in [2.24, 2.45) is 5.92 Å². The van der Waals surface area contributed by atoms with Gasteiger partial charge in [-0.3, -0.25) is 9.59 Å². The van der Waals surface area contributed by atoms with Crippen molar-refractivity contribution in [3.8, 4) is 5.75 Å². The van der Waals surface area contributed by atoms with Gasteiger partial charge in [0.1, 0.15) is 10.6 Å². The number of hydrogen-bond acceptors (Lipinski definition) is 5. The fraction of sp³-hybridized carbons (Fsp3) is 0.429. The van der Waals surface area contributed by atoms with E-state index in [1.807, 2.05) is 0 Å². The first-order valence-corrected chi connectivity index (χ1v) is 8.16. The molecule has 0 spiro atoms. The minimum Gasteiger partial charge on any atom is -0.495 e. The maximum Gasteiger partial charge on any atom is 0.308 e. The Hall–Kier alpha value is -2.13. The Morgan fingerprint density at radius 3 is 2.26 bits per heavy atom. The fourth-order valence-electron chi connectivity index (χ4n) is 1.88. The van der Waals surface area contributed by atoms with Crippen molar-refractivity contribution in [2.45, 2.75) is 25.2 Å². The third-order valence-corrected chi connectivity index (χ3v) is 4.80. The van der Waals surface area contributed by atoms with Crippen LogP contribution < -0.4 is 9.46 Å². The maximum absolute atomic E-state index is 12.4. The van der Waals surface area contributed by atoms with Gasteiger partial charge in [0.25, 0.3) is 0 Å². The van der Waals surface area contributed by atoms with Crippen LogP contribution in [0.2, 0.25) is 0 Å². The molecule has 1 unspecified atom stereocenters. The third-order valence-electron chi connectivity index (χ3n) is 3.36. The first kappa shape index (κ1) is 18.9. The summed E-state index contributed by atoms with van der Waals surface area (Å²) in [4.78, 5) is 21.5. The summed E-state index contributed by atoms with van der Waals surface area (Å²) in [5, 5.41) is 17.6. The molecule has 1 aromatic carbocycles. The van der Waals surface area contributed by atoms with Gasteiger partial charge in [0.2, 0.25) is 10.0 Å². The van der Waals surface area contributed by atoms with Gasteiger partial charge in [-0.2, -0.15) is 0 Å². The second-order valence-corrected chi connectivity index (χ2v) is 6.81. The summed E-state index contributed by atoms with van der Waals surface area (Å²) in [7, 11) is -2.71. The normalized spacial score (nSPS) is 12.7. The van der Waals surface area contributed by atoms with Gasteiger partial charge in [0, 0.05) is 6.54 Å². The Morgan fingerprint density at radius 1 is 1.22 bits per heavy atom. The van der Waals surface area contributed by atoms with Crippen LogP contribution in [0.15, 0.2) is 17.0 Å². The van der Waals surface area contributed by atoms with E-state index >= 15 is 0 Å². The average Bonchev–Trinajstić information content (AvgIpc) is 2.45. The van der Waals surface area contributed by atoms with Crippen molar-refractivity contribution >= 4 is 22.0 Å². The SMILES string of the molecule is COc1cc(C)c(C)cc1S(=O)(=O)NCC(CC(=O)O)C(=O)O. The number of nitrogens with one attached hydrogen (secondary N) is 1. The number of ether oxygens (including phenoxy) is 1. The van der Waals surface area contributed by atoms with Gasteiger partial charge in [-0.15, -0.1) is 0 Å². The van der Waals surface area contributed by atoms with Crippen LogP contribution >= 0.6 is 0 Å². The van der Waals surface area contributed by atoms with Crippen molar-refractivity contribution < 1.29 is 33.0 Å². The smallest absolute Gasteiger partial charge is 0.308 e. The lowest BCUT2D eigenvalue weighted by Crippen LogP contribution is -2.34. The Kier molecular flexibility index (Phi) is 6.11. The standard InChI is InChI=1S/C14H19NO7S/c1-8-4-11(22-3)12(5-9(8)2)23(20,21)15-7-10(14(18)19)6-13(16)17/h4-5,10,15H,6-7H2,1-3H3,(H,16,17)(H,18,19). The lowest BCUT2D eigenvalue weighted by Gasteiger charge is -2.15. The Morgan fingerprint density at radius 2 is 1.78 bits per heavy atom. The summed E-state index contributed by atoms with van der Waals surface area (Å²) in [6, 6.07) is 2.99. The molecule has 0 saturated heterocycles. The molecule has 1 rings (SSSR count). The number of aryl methyl sites for hydroxylation is 2. The lowest BCUT2D eigenvalue weighted by molar-refractivity contribution is -0.147. The van der Waals surface area contributed by atoms with Crippen molar-refractivity contribution in [1.82, 2.24) is 4.72 Å².